The number of aromatic hydroxyl groups is 1. The summed E-state index contributed by atoms with van der Waals surface area (Å²) in [5, 5.41) is 10.9. The molecule has 1 aromatic heterocycles. The molecule has 0 radical (unpaired) electrons. The molecule has 9 heteroatoms. The topological polar surface area (TPSA) is 109 Å². The van der Waals surface area contributed by atoms with E-state index in [-0.39, 0.29) is 11.1 Å². The minimum Gasteiger partial charge on any atom is -0.506 e. The number of aromatic nitrogens is 1. The number of carbonyl (C=O) groups is 1. The Morgan fingerprint density at radius 1 is 1.14 bits per heavy atom. The molecule has 0 spiro atoms. The lowest BCUT2D eigenvalue weighted by Crippen LogP contribution is -2.34. The van der Waals surface area contributed by atoms with Gasteiger partial charge in [-0.3, -0.25) is 14.3 Å². The molecule has 146 valence electrons. The van der Waals surface area contributed by atoms with Gasteiger partial charge in [0.1, 0.15) is 11.3 Å². The van der Waals surface area contributed by atoms with E-state index in [4.69, 9.17) is 0 Å². The van der Waals surface area contributed by atoms with Crippen molar-refractivity contribution in [3.05, 3.63) is 64.4 Å². The lowest BCUT2D eigenvalue weighted by molar-refractivity contribution is 0.0988. The maximum atomic E-state index is 12.9. The number of pyridine rings is 1. The highest BCUT2D eigenvalue weighted by atomic mass is 32.2. The minimum atomic E-state index is -3.53. The maximum Gasteiger partial charge on any atom is 0.267 e. The highest BCUT2D eigenvalue weighted by molar-refractivity contribution is 7.92. The standard InChI is InChI=1S/C19H19N3O5S/c1-21(13-7-5-4-6-8-13)18(24)16-17(23)14-11-12(20-28(3,26)27)9-10-15(14)22(2)19(16)25/h4-11,20,23H,1-3H3. The first-order valence-corrected chi connectivity index (χ1v) is 10.2. The van der Waals surface area contributed by atoms with Gasteiger partial charge < -0.3 is 14.6 Å². The highest BCUT2D eigenvalue weighted by Gasteiger charge is 2.25. The van der Waals surface area contributed by atoms with Crippen molar-refractivity contribution in [2.45, 2.75) is 0 Å². The Morgan fingerprint density at radius 3 is 2.39 bits per heavy atom. The number of nitrogens with one attached hydrogen (secondary N) is 1. The summed E-state index contributed by atoms with van der Waals surface area (Å²) in [7, 11) is -0.547. The van der Waals surface area contributed by atoms with Crippen molar-refractivity contribution in [2.24, 2.45) is 7.05 Å². The van der Waals surface area contributed by atoms with Gasteiger partial charge in [0, 0.05) is 30.9 Å². The molecule has 0 saturated heterocycles. The second-order valence-corrected chi connectivity index (χ2v) is 8.14. The molecule has 0 saturated carbocycles. The SMILES string of the molecule is CN(C(=O)c1c(O)c2cc(NS(C)(=O)=O)ccc2n(C)c1=O)c1ccccc1. The fourth-order valence-corrected chi connectivity index (χ4v) is 3.49. The smallest absolute Gasteiger partial charge is 0.267 e. The number of sulfonamides is 1. The van der Waals surface area contributed by atoms with Crippen LogP contribution in [0.1, 0.15) is 10.4 Å². The minimum absolute atomic E-state index is 0.181. The van der Waals surface area contributed by atoms with Crippen LogP contribution in [0.15, 0.2) is 53.3 Å². The summed E-state index contributed by atoms with van der Waals surface area (Å²) >= 11 is 0. The lowest BCUT2D eigenvalue weighted by Gasteiger charge is -2.19. The molecule has 0 aliphatic heterocycles. The molecule has 0 fully saturated rings. The van der Waals surface area contributed by atoms with Gasteiger partial charge in [0.25, 0.3) is 11.5 Å². The van der Waals surface area contributed by atoms with Crippen LogP contribution in [-0.2, 0) is 17.1 Å². The summed E-state index contributed by atoms with van der Waals surface area (Å²) in [5.74, 6) is -1.17. The van der Waals surface area contributed by atoms with Crippen molar-refractivity contribution in [3.63, 3.8) is 0 Å². The van der Waals surface area contributed by atoms with Gasteiger partial charge in [0.15, 0.2) is 0 Å². The van der Waals surface area contributed by atoms with E-state index >= 15 is 0 Å². The number of amides is 1. The number of carbonyl (C=O) groups excluding carboxylic acids is 1. The summed E-state index contributed by atoms with van der Waals surface area (Å²) in [6.45, 7) is 0. The molecule has 0 aliphatic carbocycles. The number of benzene rings is 2. The van der Waals surface area contributed by atoms with Crippen molar-refractivity contribution in [1.29, 1.82) is 0 Å². The van der Waals surface area contributed by atoms with Crippen LogP contribution in [0.25, 0.3) is 10.9 Å². The van der Waals surface area contributed by atoms with Crippen LogP contribution in [0.5, 0.6) is 5.75 Å². The quantitative estimate of drug-likeness (QED) is 0.694. The number of hydrogen-bond acceptors (Lipinski definition) is 5. The van der Waals surface area contributed by atoms with Crippen LogP contribution < -0.4 is 15.2 Å². The molecular weight excluding hydrogens is 382 g/mol. The summed E-state index contributed by atoms with van der Waals surface area (Å²) < 4.78 is 26.5. The number of fused-ring (bicyclic) bond motifs is 1. The summed E-state index contributed by atoms with van der Waals surface area (Å²) in [5.41, 5.74) is 0.0835. The van der Waals surface area contributed by atoms with Crippen LogP contribution in [-0.4, -0.2) is 37.3 Å². The van der Waals surface area contributed by atoms with Gasteiger partial charge in [-0.15, -0.1) is 0 Å². The third-order valence-electron chi connectivity index (χ3n) is 4.33. The number of aryl methyl sites for hydroxylation is 1. The largest absolute Gasteiger partial charge is 0.506 e. The summed E-state index contributed by atoms with van der Waals surface area (Å²) in [6.07, 6.45) is 1.00. The van der Waals surface area contributed by atoms with Gasteiger partial charge in [0.2, 0.25) is 10.0 Å². The lowest BCUT2D eigenvalue weighted by atomic mass is 10.1. The Labute approximate surface area is 161 Å². The van der Waals surface area contributed by atoms with Gasteiger partial charge in [-0.2, -0.15) is 0 Å². The second kappa shape index (κ2) is 7.01. The van der Waals surface area contributed by atoms with Crippen LogP contribution >= 0.6 is 0 Å². The predicted molar refractivity (Wildman–Crippen MR) is 108 cm³/mol. The van der Waals surface area contributed by atoms with Gasteiger partial charge in [-0.05, 0) is 30.3 Å². The zero-order valence-electron chi connectivity index (χ0n) is 15.5. The zero-order chi connectivity index (χ0) is 20.6. The number of hydrogen-bond donors (Lipinski definition) is 2. The van der Waals surface area contributed by atoms with E-state index in [1.54, 1.807) is 30.3 Å². The first-order valence-electron chi connectivity index (χ1n) is 8.27. The molecule has 0 unspecified atom stereocenters. The molecule has 2 aromatic carbocycles. The molecule has 3 aromatic rings. The van der Waals surface area contributed by atoms with E-state index in [0.717, 1.165) is 6.26 Å². The Balaban J connectivity index is 2.19. The first kappa shape index (κ1) is 19.4. The van der Waals surface area contributed by atoms with Gasteiger partial charge in [-0.1, -0.05) is 18.2 Å². The average molecular weight is 401 g/mol. The molecule has 0 atom stereocenters. The predicted octanol–water partition coefficient (Wildman–Crippen LogP) is 1.89. The van der Waals surface area contributed by atoms with Crippen LogP contribution in [0.4, 0.5) is 11.4 Å². The van der Waals surface area contributed by atoms with Crippen LogP contribution in [0.3, 0.4) is 0 Å². The van der Waals surface area contributed by atoms with E-state index in [2.05, 4.69) is 4.72 Å². The normalized spacial score (nSPS) is 11.4. The maximum absolute atomic E-state index is 12.9. The summed E-state index contributed by atoms with van der Waals surface area (Å²) in [6, 6.07) is 13.1. The van der Waals surface area contributed by atoms with Crippen molar-refractivity contribution in [1.82, 2.24) is 4.57 Å². The van der Waals surface area contributed by atoms with E-state index in [0.29, 0.717) is 11.2 Å². The van der Waals surface area contributed by atoms with Crippen molar-refractivity contribution in [2.75, 3.05) is 22.9 Å². The number of para-hydroxylation sites is 1. The molecule has 2 N–H and O–H groups in total. The molecule has 28 heavy (non-hydrogen) atoms. The fraction of sp³-hybridized carbons (Fsp3) is 0.158. The first-order chi connectivity index (χ1) is 13.1. The average Bonchev–Trinajstić information content (AvgIpc) is 2.65. The van der Waals surface area contributed by atoms with Gasteiger partial charge in [0.05, 0.1) is 11.8 Å². The van der Waals surface area contributed by atoms with Crippen LogP contribution in [0, 0.1) is 0 Å². The monoisotopic (exact) mass is 401 g/mol. The Bertz CT molecular complexity index is 1230. The highest BCUT2D eigenvalue weighted by Crippen LogP contribution is 2.30. The second-order valence-electron chi connectivity index (χ2n) is 6.39. The molecule has 1 heterocycles. The number of rotatable bonds is 4. The molecule has 0 bridgehead atoms. The van der Waals surface area contributed by atoms with Gasteiger partial charge >= 0.3 is 0 Å². The van der Waals surface area contributed by atoms with Gasteiger partial charge in [-0.25, -0.2) is 8.42 Å². The number of nitrogens with zero attached hydrogens (tertiary/aromatic N) is 2. The Kier molecular flexibility index (Phi) is 4.86. The zero-order valence-corrected chi connectivity index (χ0v) is 16.3. The van der Waals surface area contributed by atoms with Crippen molar-refractivity contribution >= 4 is 38.2 Å². The van der Waals surface area contributed by atoms with E-state index in [1.165, 1.54) is 41.8 Å². The Morgan fingerprint density at radius 2 is 1.79 bits per heavy atom. The van der Waals surface area contributed by atoms with Crippen molar-refractivity contribution < 1.29 is 18.3 Å². The third-order valence-corrected chi connectivity index (χ3v) is 4.94. The molecule has 0 aliphatic rings. The van der Waals surface area contributed by atoms with E-state index < -0.39 is 32.8 Å². The van der Waals surface area contributed by atoms with E-state index in [1.807, 2.05) is 0 Å². The molecule has 3 rings (SSSR count). The Hall–Kier alpha value is -3.33. The number of anilines is 2. The summed E-state index contributed by atoms with van der Waals surface area (Å²) in [4.78, 5) is 26.9. The third kappa shape index (κ3) is 3.56. The molecule has 8 nitrogen and oxygen atoms in total. The molecule has 1 amide bonds. The van der Waals surface area contributed by atoms with Crippen molar-refractivity contribution in [3.8, 4) is 5.75 Å². The van der Waals surface area contributed by atoms with Crippen LogP contribution in [0.2, 0.25) is 0 Å². The van der Waals surface area contributed by atoms with E-state index in [9.17, 15) is 23.1 Å². The molecular formula is C19H19N3O5S. The fourth-order valence-electron chi connectivity index (χ4n) is 2.94.